The van der Waals surface area contributed by atoms with E-state index in [9.17, 15) is 9.18 Å². The van der Waals surface area contributed by atoms with Crippen LogP contribution in [-0.4, -0.2) is 21.2 Å². The SMILES string of the molecule is O=C(CSc1nc2c(n1-c1ccccc1)CCCC2)NCc1ccccc1F. The van der Waals surface area contributed by atoms with E-state index < -0.39 is 0 Å². The van der Waals surface area contributed by atoms with Crippen molar-refractivity contribution in [2.75, 3.05) is 5.75 Å². The number of thioether (sulfide) groups is 1. The largest absolute Gasteiger partial charge is 0.351 e. The van der Waals surface area contributed by atoms with Gasteiger partial charge in [0.2, 0.25) is 5.91 Å². The second-order valence-corrected chi connectivity index (χ2v) is 7.77. The minimum Gasteiger partial charge on any atom is -0.351 e. The fraction of sp³-hybridized carbons (Fsp3) is 0.273. The van der Waals surface area contributed by atoms with Crippen LogP contribution in [-0.2, 0) is 24.2 Å². The monoisotopic (exact) mass is 395 g/mol. The summed E-state index contributed by atoms with van der Waals surface area (Å²) in [5.74, 6) is -0.187. The molecule has 0 aliphatic heterocycles. The highest BCUT2D eigenvalue weighted by atomic mass is 32.2. The highest BCUT2D eigenvalue weighted by molar-refractivity contribution is 7.99. The molecular weight excluding hydrogens is 373 g/mol. The van der Waals surface area contributed by atoms with Crippen LogP contribution in [0.25, 0.3) is 5.69 Å². The Morgan fingerprint density at radius 2 is 1.82 bits per heavy atom. The molecule has 6 heteroatoms. The van der Waals surface area contributed by atoms with Crippen LogP contribution in [0, 0.1) is 5.82 Å². The fourth-order valence-corrected chi connectivity index (χ4v) is 4.35. The lowest BCUT2D eigenvalue weighted by molar-refractivity contribution is -0.118. The Kier molecular flexibility index (Phi) is 5.76. The summed E-state index contributed by atoms with van der Waals surface area (Å²) in [5, 5.41) is 3.64. The van der Waals surface area contributed by atoms with Crippen LogP contribution in [0.4, 0.5) is 4.39 Å². The summed E-state index contributed by atoms with van der Waals surface area (Å²) in [5.41, 5.74) is 3.96. The van der Waals surface area contributed by atoms with Gasteiger partial charge in [-0.2, -0.15) is 0 Å². The van der Waals surface area contributed by atoms with Crippen molar-refractivity contribution in [2.45, 2.75) is 37.4 Å². The maximum absolute atomic E-state index is 13.7. The van der Waals surface area contributed by atoms with Crippen LogP contribution >= 0.6 is 11.8 Å². The van der Waals surface area contributed by atoms with Gasteiger partial charge in [-0.15, -0.1) is 0 Å². The average Bonchev–Trinajstić information content (AvgIpc) is 3.10. The van der Waals surface area contributed by atoms with Crippen LogP contribution in [0.2, 0.25) is 0 Å². The van der Waals surface area contributed by atoms with Crippen molar-refractivity contribution in [3.8, 4) is 5.69 Å². The van der Waals surface area contributed by atoms with Gasteiger partial charge in [-0.25, -0.2) is 9.37 Å². The molecule has 0 saturated heterocycles. The van der Waals surface area contributed by atoms with Crippen LogP contribution in [0.15, 0.2) is 59.8 Å². The van der Waals surface area contributed by atoms with Crippen LogP contribution < -0.4 is 5.32 Å². The van der Waals surface area contributed by atoms with Crippen molar-refractivity contribution in [3.63, 3.8) is 0 Å². The quantitative estimate of drug-likeness (QED) is 0.633. The third kappa shape index (κ3) is 4.12. The second-order valence-electron chi connectivity index (χ2n) is 6.82. The minimum atomic E-state index is -0.303. The molecule has 1 amide bonds. The summed E-state index contributed by atoms with van der Waals surface area (Å²) in [4.78, 5) is 17.1. The summed E-state index contributed by atoms with van der Waals surface area (Å²) in [7, 11) is 0. The lowest BCUT2D eigenvalue weighted by atomic mass is 10.0. The Hall–Kier alpha value is -2.60. The van der Waals surface area contributed by atoms with E-state index in [1.807, 2.05) is 18.2 Å². The predicted molar refractivity (Wildman–Crippen MR) is 109 cm³/mol. The van der Waals surface area contributed by atoms with Gasteiger partial charge in [0, 0.05) is 23.5 Å². The number of carbonyl (C=O) groups is 1. The summed E-state index contributed by atoms with van der Waals surface area (Å²) in [6.07, 6.45) is 4.32. The molecule has 0 radical (unpaired) electrons. The zero-order valence-electron chi connectivity index (χ0n) is 15.5. The number of amides is 1. The van der Waals surface area contributed by atoms with Crippen LogP contribution in [0.1, 0.15) is 29.8 Å². The van der Waals surface area contributed by atoms with Crippen molar-refractivity contribution in [3.05, 3.63) is 77.4 Å². The average molecular weight is 396 g/mol. The molecule has 2 aromatic carbocycles. The zero-order chi connectivity index (χ0) is 19.3. The molecule has 0 spiro atoms. The number of para-hydroxylation sites is 1. The molecule has 1 aromatic heterocycles. The molecule has 1 heterocycles. The molecule has 3 aromatic rings. The number of imidazole rings is 1. The minimum absolute atomic E-state index is 0.131. The van der Waals surface area contributed by atoms with E-state index in [0.717, 1.165) is 35.8 Å². The number of aryl methyl sites for hydroxylation is 1. The highest BCUT2D eigenvalue weighted by Crippen LogP contribution is 2.30. The molecule has 0 atom stereocenters. The van der Waals surface area contributed by atoms with Crippen molar-refractivity contribution >= 4 is 17.7 Å². The molecule has 1 aliphatic carbocycles. The second kappa shape index (κ2) is 8.61. The maximum atomic E-state index is 13.7. The molecule has 0 fully saturated rings. The molecule has 0 saturated carbocycles. The summed E-state index contributed by atoms with van der Waals surface area (Å²) < 4.78 is 15.9. The highest BCUT2D eigenvalue weighted by Gasteiger charge is 2.21. The Morgan fingerprint density at radius 1 is 1.07 bits per heavy atom. The van der Waals surface area contributed by atoms with E-state index in [0.29, 0.717) is 5.56 Å². The predicted octanol–water partition coefficient (Wildman–Crippen LogP) is 4.30. The standard InChI is InChI=1S/C22H22FN3OS/c23-18-11-5-4-8-16(18)14-24-21(27)15-28-22-25-19-12-6-7-13-20(19)26(22)17-9-2-1-3-10-17/h1-5,8-11H,6-7,12-15H2,(H,24,27). The number of nitrogens with one attached hydrogen (secondary N) is 1. The molecule has 1 aliphatic rings. The number of nitrogens with zero attached hydrogens (tertiary/aromatic N) is 2. The van der Waals surface area contributed by atoms with Gasteiger partial charge < -0.3 is 5.32 Å². The number of aromatic nitrogens is 2. The number of rotatable bonds is 6. The van der Waals surface area contributed by atoms with Crippen molar-refractivity contribution in [2.24, 2.45) is 0 Å². The number of fused-ring (bicyclic) bond motifs is 1. The maximum Gasteiger partial charge on any atom is 0.230 e. The third-order valence-corrected chi connectivity index (χ3v) is 5.82. The number of halogens is 1. The van der Waals surface area contributed by atoms with E-state index in [1.165, 1.54) is 29.9 Å². The molecule has 4 rings (SSSR count). The molecule has 28 heavy (non-hydrogen) atoms. The fourth-order valence-electron chi connectivity index (χ4n) is 3.47. The molecular formula is C22H22FN3OS. The lowest BCUT2D eigenvalue weighted by Gasteiger charge is -2.15. The third-order valence-electron chi connectivity index (χ3n) is 4.88. The Balaban J connectivity index is 1.47. The van der Waals surface area contributed by atoms with Gasteiger partial charge in [-0.05, 0) is 43.9 Å². The molecule has 144 valence electrons. The number of hydrogen-bond acceptors (Lipinski definition) is 3. The first-order valence-electron chi connectivity index (χ1n) is 9.51. The lowest BCUT2D eigenvalue weighted by Crippen LogP contribution is -2.25. The van der Waals surface area contributed by atoms with Gasteiger partial charge in [-0.1, -0.05) is 48.2 Å². The van der Waals surface area contributed by atoms with Crippen LogP contribution in [0.5, 0.6) is 0 Å². The Morgan fingerprint density at radius 3 is 2.64 bits per heavy atom. The van der Waals surface area contributed by atoms with Gasteiger partial charge in [-0.3, -0.25) is 9.36 Å². The van der Waals surface area contributed by atoms with Gasteiger partial charge in [0.15, 0.2) is 5.16 Å². The first-order chi connectivity index (χ1) is 13.7. The first-order valence-corrected chi connectivity index (χ1v) is 10.5. The van der Waals surface area contributed by atoms with Crippen molar-refractivity contribution < 1.29 is 9.18 Å². The summed E-state index contributed by atoms with van der Waals surface area (Å²) in [6.45, 7) is 0.190. The van der Waals surface area contributed by atoms with Crippen molar-refractivity contribution in [1.29, 1.82) is 0 Å². The molecule has 1 N–H and O–H groups in total. The van der Waals surface area contributed by atoms with Crippen molar-refractivity contribution in [1.82, 2.24) is 14.9 Å². The summed E-state index contributed by atoms with van der Waals surface area (Å²) >= 11 is 1.43. The number of hydrogen-bond donors (Lipinski definition) is 1. The van der Waals surface area contributed by atoms with Crippen LogP contribution in [0.3, 0.4) is 0 Å². The first kappa shape index (κ1) is 18.7. The zero-order valence-corrected chi connectivity index (χ0v) is 16.3. The Bertz CT molecular complexity index is 971. The number of benzene rings is 2. The van der Waals surface area contributed by atoms with E-state index in [4.69, 9.17) is 4.98 Å². The molecule has 4 nitrogen and oxygen atoms in total. The van der Waals surface area contributed by atoms with Gasteiger partial charge in [0.25, 0.3) is 0 Å². The van der Waals surface area contributed by atoms with E-state index in [1.54, 1.807) is 18.2 Å². The van der Waals surface area contributed by atoms with Gasteiger partial charge in [0.1, 0.15) is 5.82 Å². The van der Waals surface area contributed by atoms with E-state index in [2.05, 4.69) is 22.0 Å². The normalized spacial score (nSPS) is 13.2. The van der Waals surface area contributed by atoms with E-state index in [-0.39, 0.29) is 24.0 Å². The Labute approximate surface area is 168 Å². The van der Waals surface area contributed by atoms with Gasteiger partial charge >= 0.3 is 0 Å². The summed E-state index contributed by atoms with van der Waals surface area (Å²) in [6, 6.07) is 16.6. The number of carbonyl (C=O) groups excluding carboxylic acids is 1. The molecule has 0 unspecified atom stereocenters. The molecule has 0 bridgehead atoms. The topological polar surface area (TPSA) is 46.9 Å². The van der Waals surface area contributed by atoms with Gasteiger partial charge in [0.05, 0.1) is 11.4 Å². The smallest absolute Gasteiger partial charge is 0.230 e. The van der Waals surface area contributed by atoms with E-state index >= 15 is 0 Å².